The molecule has 5 rings (SSSR count). The number of ether oxygens (including phenoxy) is 1. The first-order chi connectivity index (χ1) is 18.4. The van der Waals surface area contributed by atoms with Crippen LogP contribution in [0.2, 0.25) is 0 Å². The Hall–Kier alpha value is -4.17. The van der Waals surface area contributed by atoms with E-state index in [0.717, 1.165) is 39.5 Å². The van der Waals surface area contributed by atoms with Gasteiger partial charge in [0.1, 0.15) is 11.9 Å². The number of amides is 1. The molecule has 4 aromatic rings. The highest BCUT2D eigenvalue weighted by Crippen LogP contribution is 2.38. The maximum atomic E-state index is 13.9. The number of rotatable bonds is 5. The van der Waals surface area contributed by atoms with Gasteiger partial charge in [0.2, 0.25) is 0 Å². The standard InChI is InChI=1S/C27H26FN7O2S/c1-17-23(15-32-35(17)22-6-8-33(9-7-22)27(36)37-3)19-11-25(26-20(12-29)14-31-34(26)16-19)38-24-5-4-21(28)10-18(24)13-30-2/h4-5,10-11,13-16,22H,6-9H2,1-3H3. The predicted molar refractivity (Wildman–Crippen MR) is 142 cm³/mol. The van der Waals surface area contributed by atoms with Gasteiger partial charge in [-0.1, -0.05) is 11.8 Å². The molecular formula is C27H26FN7O2S. The highest BCUT2D eigenvalue weighted by molar-refractivity contribution is 7.99. The van der Waals surface area contributed by atoms with E-state index >= 15 is 0 Å². The molecule has 1 fully saturated rings. The van der Waals surface area contributed by atoms with Gasteiger partial charge in [-0.3, -0.25) is 9.67 Å². The van der Waals surface area contributed by atoms with Gasteiger partial charge in [-0.25, -0.2) is 13.7 Å². The minimum absolute atomic E-state index is 0.173. The van der Waals surface area contributed by atoms with Crippen LogP contribution in [0.1, 0.15) is 35.7 Å². The summed E-state index contributed by atoms with van der Waals surface area (Å²) < 4.78 is 22.5. The van der Waals surface area contributed by atoms with E-state index in [2.05, 4.69) is 16.2 Å². The molecule has 1 aliphatic heterocycles. The van der Waals surface area contributed by atoms with Crippen molar-refractivity contribution in [3.8, 4) is 17.2 Å². The van der Waals surface area contributed by atoms with Crippen molar-refractivity contribution in [3.63, 3.8) is 0 Å². The smallest absolute Gasteiger partial charge is 0.409 e. The Balaban J connectivity index is 1.52. The molecule has 0 bridgehead atoms. The van der Waals surface area contributed by atoms with E-state index in [1.54, 1.807) is 34.9 Å². The minimum atomic E-state index is -0.342. The average Bonchev–Trinajstić information content (AvgIpc) is 3.53. The summed E-state index contributed by atoms with van der Waals surface area (Å²) >= 11 is 1.43. The van der Waals surface area contributed by atoms with Crippen LogP contribution in [-0.2, 0) is 4.74 Å². The number of nitrogens with zero attached hydrogens (tertiary/aromatic N) is 7. The number of pyridine rings is 1. The molecule has 1 aromatic carbocycles. The molecule has 9 nitrogen and oxygen atoms in total. The van der Waals surface area contributed by atoms with E-state index in [0.29, 0.717) is 29.7 Å². The number of hydrogen-bond donors (Lipinski definition) is 0. The molecule has 3 aromatic heterocycles. The molecule has 11 heteroatoms. The lowest BCUT2D eigenvalue weighted by Gasteiger charge is -2.31. The number of benzene rings is 1. The summed E-state index contributed by atoms with van der Waals surface area (Å²) in [4.78, 5) is 19.3. The van der Waals surface area contributed by atoms with Crippen LogP contribution in [0.25, 0.3) is 16.6 Å². The molecular weight excluding hydrogens is 505 g/mol. The maximum absolute atomic E-state index is 13.9. The maximum Gasteiger partial charge on any atom is 0.409 e. The van der Waals surface area contributed by atoms with Gasteiger partial charge < -0.3 is 9.64 Å². The summed E-state index contributed by atoms with van der Waals surface area (Å²) in [5.74, 6) is -0.342. The summed E-state index contributed by atoms with van der Waals surface area (Å²) in [6.45, 7) is 3.26. The number of likely N-dealkylation sites (tertiary alicyclic amines) is 1. The zero-order chi connectivity index (χ0) is 26.8. The zero-order valence-electron chi connectivity index (χ0n) is 21.3. The van der Waals surface area contributed by atoms with Gasteiger partial charge in [0.15, 0.2) is 0 Å². The Morgan fingerprint density at radius 2 is 2.03 bits per heavy atom. The first-order valence-corrected chi connectivity index (χ1v) is 12.9. The number of hydrogen-bond acceptors (Lipinski definition) is 7. The van der Waals surface area contributed by atoms with Gasteiger partial charge in [-0.2, -0.15) is 15.5 Å². The van der Waals surface area contributed by atoms with E-state index in [1.165, 1.54) is 31.0 Å². The fourth-order valence-electron chi connectivity index (χ4n) is 4.86. The largest absolute Gasteiger partial charge is 0.453 e. The Bertz CT molecular complexity index is 1580. The Morgan fingerprint density at radius 3 is 2.74 bits per heavy atom. The van der Waals surface area contributed by atoms with Crippen molar-refractivity contribution >= 4 is 29.6 Å². The van der Waals surface area contributed by atoms with Crippen molar-refractivity contribution < 1.29 is 13.9 Å². The van der Waals surface area contributed by atoms with Crippen molar-refractivity contribution in [1.29, 1.82) is 5.26 Å². The number of piperidine rings is 1. The number of methoxy groups -OCH3 is 1. The van der Waals surface area contributed by atoms with Crippen molar-refractivity contribution in [2.75, 3.05) is 27.2 Å². The number of carbonyl (C=O) groups excluding carboxylic acids is 1. The number of aliphatic imine (C=N–C) groups is 1. The molecule has 38 heavy (non-hydrogen) atoms. The van der Waals surface area contributed by atoms with Gasteiger partial charge >= 0.3 is 6.09 Å². The molecule has 0 atom stereocenters. The highest BCUT2D eigenvalue weighted by atomic mass is 32.2. The minimum Gasteiger partial charge on any atom is -0.453 e. The molecule has 0 spiro atoms. The topological polar surface area (TPSA) is 101 Å². The van der Waals surface area contributed by atoms with Gasteiger partial charge in [0.05, 0.1) is 36.6 Å². The first-order valence-electron chi connectivity index (χ1n) is 12.1. The van der Waals surface area contributed by atoms with Crippen molar-refractivity contribution in [3.05, 3.63) is 65.5 Å². The number of nitriles is 1. The summed E-state index contributed by atoms with van der Waals surface area (Å²) in [5, 5.41) is 18.8. The second-order valence-electron chi connectivity index (χ2n) is 9.00. The number of halogens is 1. The molecule has 0 unspecified atom stereocenters. The lowest BCUT2D eigenvalue weighted by atomic mass is 10.0. The summed E-state index contributed by atoms with van der Waals surface area (Å²) in [6.07, 6.45) is 8.18. The van der Waals surface area contributed by atoms with Crippen LogP contribution in [0.3, 0.4) is 0 Å². The van der Waals surface area contributed by atoms with E-state index < -0.39 is 0 Å². The monoisotopic (exact) mass is 531 g/mol. The van der Waals surface area contributed by atoms with Crippen LogP contribution >= 0.6 is 11.8 Å². The molecule has 194 valence electrons. The van der Waals surface area contributed by atoms with Crippen LogP contribution in [-0.4, -0.2) is 63.8 Å². The van der Waals surface area contributed by atoms with Crippen molar-refractivity contribution in [2.24, 2.45) is 4.99 Å². The average molecular weight is 532 g/mol. The molecule has 1 aliphatic rings. The lowest BCUT2D eigenvalue weighted by Crippen LogP contribution is -2.39. The Labute approximate surface area is 223 Å². The van der Waals surface area contributed by atoms with Crippen LogP contribution in [0.4, 0.5) is 9.18 Å². The van der Waals surface area contributed by atoms with E-state index in [-0.39, 0.29) is 18.0 Å². The highest BCUT2D eigenvalue weighted by Gasteiger charge is 2.26. The second-order valence-corrected chi connectivity index (χ2v) is 10.1. The van der Waals surface area contributed by atoms with E-state index in [1.807, 2.05) is 30.1 Å². The molecule has 0 radical (unpaired) electrons. The number of carbonyl (C=O) groups is 1. The van der Waals surface area contributed by atoms with Crippen molar-refractivity contribution in [1.82, 2.24) is 24.3 Å². The number of fused-ring (bicyclic) bond motifs is 1. The van der Waals surface area contributed by atoms with Crippen LogP contribution in [0, 0.1) is 24.1 Å². The predicted octanol–water partition coefficient (Wildman–Crippen LogP) is 5.12. The van der Waals surface area contributed by atoms with Gasteiger partial charge in [-0.05, 0) is 44.0 Å². The third kappa shape index (κ3) is 4.75. The molecule has 1 saturated heterocycles. The normalized spacial score (nSPS) is 14.3. The first kappa shape index (κ1) is 25.5. The van der Waals surface area contributed by atoms with Crippen molar-refractivity contribution in [2.45, 2.75) is 35.6 Å². The Morgan fingerprint density at radius 1 is 1.24 bits per heavy atom. The second kappa shape index (κ2) is 10.7. The third-order valence-electron chi connectivity index (χ3n) is 6.76. The zero-order valence-corrected chi connectivity index (χ0v) is 22.1. The fourth-order valence-corrected chi connectivity index (χ4v) is 5.95. The SMILES string of the molecule is CN=Cc1cc(F)ccc1Sc1cc(-c2cnn(C3CCN(C(=O)OC)CC3)c2C)cn2ncc(C#N)c12. The van der Waals surface area contributed by atoms with Crippen LogP contribution < -0.4 is 0 Å². The number of aromatic nitrogens is 4. The summed E-state index contributed by atoms with van der Waals surface area (Å²) in [6, 6.07) is 8.99. The van der Waals surface area contributed by atoms with Crippen LogP contribution in [0.5, 0.6) is 0 Å². The quantitative estimate of drug-likeness (QED) is 0.331. The van der Waals surface area contributed by atoms with Crippen LogP contribution in [0.15, 0.2) is 57.6 Å². The fraction of sp³-hybridized carbons (Fsp3) is 0.296. The van der Waals surface area contributed by atoms with E-state index in [4.69, 9.17) is 9.84 Å². The molecule has 0 aliphatic carbocycles. The summed E-state index contributed by atoms with van der Waals surface area (Å²) in [7, 11) is 3.04. The van der Waals surface area contributed by atoms with Gasteiger partial charge in [-0.15, -0.1) is 0 Å². The molecule has 1 amide bonds. The molecule has 0 N–H and O–H groups in total. The third-order valence-corrected chi connectivity index (χ3v) is 7.88. The van der Waals surface area contributed by atoms with E-state index in [9.17, 15) is 14.4 Å². The Kier molecular flexibility index (Phi) is 7.15. The van der Waals surface area contributed by atoms with Gasteiger partial charge in [0, 0.05) is 64.7 Å². The lowest BCUT2D eigenvalue weighted by molar-refractivity contribution is 0.105. The molecule has 4 heterocycles. The van der Waals surface area contributed by atoms with Gasteiger partial charge in [0.25, 0.3) is 0 Å². The summed E-state index contributed by atoms with van der Waals surface area (Å²) in [5.41, 5.74) is 4.65. The molecule has 0 saturated carbocycles.